The van der Waals surface area contributed by atoms with E-state index < -0.39 is 10.0 Å². The van der Waals surface area contributed by atoms with E-state index >= 15 is 0 Å². The van der Waals surface area contributed by atoms with E-state index in [0.29, 0.717) is 4.21 Å². The number of quaternary nitrogens is 1. The number of rotatable bonds is 6. The van der Waals surface area contributed by atoms with Gasteiger partial charge in [0, 0.05) is 0 Å². The first-order valence-corrected chi connectivity index (χ1v) is 10.0. The van der Waals surface area contributed by atoms with Gasteiger partial charge in [-0.25, -0.2) is 8.42 Å². The molecule has 7 heteroatoms. The molecule has 0 spiro atoms. The fourth-order valence-corrected chi connectivity index (χ4v) is 4.96. The Morgan fingerprint density at radius 1 is 1.13 bits per heavy atom. The average Bonchev–Trinajstić information content (AvgIpc) is 3.11. The summed E-state index contributed by atoms with van der Waals surface area (Å²) in [5, 5.41) is 1.78. The molecule has 1 aromatic heterocycles. The molecule has 1 aromatic carbocycles. The number of morpholine rings is 1. The van der Waals surface area contributed by atoms with Gasteiger partial charge in [-0.05, 0) is 17.0 Å². The lowest BCUT2D eigenvalue weighted by Crippen LogP contribution is -3.14. The van der Waals surface area contributed by atoms with Gasteiger partial charge in [-0.15, -0.1) is 11.3 Å². The van der Waals surface area contributed by atoms with Crippen LogP contribution in [0.5, 0.6) is 0 Å². The Kier molecular flexibility index (Phi) is 5.45. The first kappa shape index (κ1) is 16.6. The van der Waals surface area contributed by atoms with Crippen molar-refractivity contribution in [3.8, 4) is 0 Å². The van der Waals surface area contributed by atoms with Crippen LogP contribution in [-0.4, -0.2) is 41.3 Å². The minimum absolute atomic E-state index is 0.239. The van der Waals surface area contributed by atoms with Crippen LogP contribution in [0.2, 0.25) is 0 Å². The van der Waals surface area contributed by atoms with Gasteiger partial charge in [-0.1, -0.05) is 36.4 Å². The summed E-state index contributed by atoms with van der Waals surface area (Å²) in [6, 6.07) is 12.9. The van der Waals surface area contributed by atoms with Gasteiger partial charge >= 0.3 is 0 Å². The van der Waals surface area contributed by atoms with E-state index in [1.54, 1.807) is 17.5 Å². The summed E-state index contributed by atoms with van der Waals surface area (Å²) in [4.78, 5) is 1.36. The van der Waals surface area contributed by atoms with E-state index in [4.69, 9.17) is 4.74 Å². The number of ether oxygens (including phenoxy) is 1. The molecule has 0 unspecified atom stereocenters. The first-order chi connectivity index (χ1) is 11.1. The van der Waals surface area contributed by atoms with E-state index in [9.17, 15) is 8.42 Å². The number of sulfonamides is 1. The van der Waals surface area contributed by atoms with Gasteiger partial charge in [0.2, 0.25) is 0 Å². The van der Waals surface area contributed by atoms with Crippen molar-refractivity contribution in [3.05, 3.63) is 53.4 Å². The molecule has 2 heterocycles. The molecule has 0 radical (unpaired) electrons. The van der Waals surface area contributed by atoms with Crippen molar-refractivity contribution in [2.75, 3.05) is 32.8 Å². The van der Waals surface area contributed by atoms with Crippen LogP contribution in [0.1, 0.15) is 11.6 Å². The maximum atomic E-state index is 12.6. The largest absolute Gasteiger partial charge is 0.370 e. The Hall–Kier alpha value is -1.25. The fraction of sp³-hybridized carbons (Fsp3) is 0.375. The Morgan fingerprint density at radius 2 is 1.87 bits per heavy atom. The van der Waals surface area contributed by atoms with Gasteiger partial charge in [0.05, 0.1) is 25.8 Å². The summed E-state index contributed by atoms with van der Waals surface area (Å²) < 4.78 is 33.8. The molecule has 23 heavy (non-hydrogen) atoms. The standard InChI is InChI=1S/C16H20N2O3S2/c19-23(20,16-7-4-12-22-16)17-15(14-5-2-1-3-6-14)13-18-8-10-21-11-9-18/h1-7,12,15,17H,8-11,13H2/p+1/t15-/m1/s1. The van der Waals surface area contributed by atoms with Gasteiger partial charge < -0.3 is 9.64 Å². The fourth-order valence-electron chi connectivity index (χ4n) is 2.73. The maximum Gasteiger partial charge on any atom is 0.250 e. The van der Waals surface area contributed by atoms with E-state index in [0.717, 1.165) is 38.4 Å². The molecule has 1 atom stereocenters. The van der Waals surface area contributed by atoms with E-state index in [2.05, 4.69) is 4.72 Å². The highest BCUT2D eigenvalue weighted by atomic mass is 32.2. The molecule has 1 saturated heterocycles. The molecule has 0 bridgehead atoms. The number of hydrogen-bond donors (Lipinski definition) is 2. The average molecular weight is 353 g/mol. The number of nitrogens with one attached hydrogen (secondary N) is 2. The third-order valence-electron chi connectivity index (χ3n) is 3.95. The molecule has 5 nitrogen and oxygen atoms in total. The predicted octanol–water partition coefficient (Wildman–Crippen LogP) is 0.683. The van der Waals surface area contributed by atoms with Crippen LogP contribution >= 0.6 is 11.3 Å². The predicted molar refractivity (Wildman–Crippen MR) is 90.2 cm³/mol. The number of benzene rings is 1. The third kappa shape index (κ3) is 4.39. The lowest BCUT2D eigenvalue weighted by Gasteiger charge is -2.28. The summed E-state index contributed by atoms with van der Waals surface area (Å²) in [5.74, 6) is 0. The van der Waals surface area contributed by atoms with Crippen LogP contribution in [0, 0.1) is 0 Å². The second-order valence-electron chi connectivity index (χ2n) is 5.58. The number of thiophene rings is 1. The minimum atomic E-state index is -3.49. The zero-order valence-electron chi connectivity index (χ0n) is 12.8. The molecule has 2 aromatic rings. The monoisotopic (exact) mass is 353 g/mol. The highest BCUT2D eigenvalue weighted by Gasteiger charge is 2.26. The lowest BCUT2D eigenvalue weighted by molar-refractivity contribution is -0.909. The Balaban J connectivity index is 1.80. The molecule has 2 N–H and O–H groups in total. The minimum Gasteiger partial charge on any atom is -0.370 e. The molecule has 0 amide bonds. The molecule has 1 aliphatic rings. The van der Waals surface area contributed by atoms with Crippen molar-refractivity contribution in [2.24, 2.45) is 0 Å². The van der Waals surface area contributed by atoms with Gasteiger partial charge in [0.15, 0.2) is 0 Å². The molecule has 0 aliphatic carbocycles. The molecule has 3 rings (SSSR count). The summed E-state index contributed by atoms with van der Waals surface area (Å²) >= 11 is 1.24. The van der Waals surface area contributed by atoms with Crippen LogP contribution in [0.15, 0.2) is 52.1 Å². The summed E-state index contributed by atoms with van der Waals surface area (Å²) in [5.41, 5.74) is 0.992. The van der Waals surface area contributed by atoms with E-state index in [-0.39, 0.29) is 6.04 Å². The molecular weight excluding hydrogens is 332 g/mol. The van der Waals surface area contributed by atoms with Crippen LogP contribution in [0.25, 0.3) is 0 Å². The van der Waals surface area contributed by atoms with E-state index in [1.807, 2.05) is 30.3 Å². The second kappa shape index (κ2) is 7.55. The zero-order chi connectivity index (χ0) is 16.1. The zero-order valence-corrected chi connectivity index (χ0v) is 14.4. The van der Waals surface area contributed by atoms with Crippen molar-refractivity contribution >= 4 is 21.4 Å². The summed E-state index contributed by atoms with van der Waals surface area (Å²) in [6.45, 7) is 4.00. The smallest absolute Gasteiger partial charge is 0.250 e. The third-order valence-corrected chi connectivity index (χ3v) is 6.82. The molecule has 124 valence electrons. The Labute approximate surface area is 140 Å². The highest BCUT2D eigenvalue weighted by Crippen LogP contribution is 2.19. The SMILES string of the molecule is O=S(=O)(N[C@H](C[NH+]1CCOCC1)c1ccccc1)c1cccs1. The highest BCUT2D eigenvalue weighted by molar-refractivity contribution is 7.91. The Morgan fingerprint density at radius 3 is 2.52 bits per heavy atom. The van der Waals surface area contributed by atoms with Crippen LogP contribution in [-0.2, 0) is 14.8 Å². The topological polar surface area (TPSA) is 59.8 Å². The molecular formula is C16H21N2O3S2+. The normalized spacial score (nSPS) is 17.9. The quantitative estimate of drug-likeness (QED) is 0.803. The van der Waals surface area contributed by atoms with Gasteiger partial charge in [0.25, 0.3) is 10.0 Å². The molecule has 1 aliphatic heterocycles. The molecule has 1 fully saturated rings. The first-order valence-electron chi connectivity index (χ1n) is 7.67. The van der Waals surface area contributed by atoms with Gasteiger partial charge in [0.1, 0.15) is 17.3 Å². The van der Waals surface area contributed by atoms with Crippen LogP contribution < -0.4 is 9.62 Å². The second-order valence-corrected chi connectivity index (χ2v) is 8.47. The van der Waals surface area contributed by atoms with Crippen molar-refractivity contribution in [2.45, 2.75) is 10.3 Å². The lowest BCUT2D eigenvalue weighted by atomic mass is 10.1. The summed E-state index contributed by atoms with van der Waals surface area (Å²) in [6.07, 6.45) is 0. The van der Waals surface area contributed by atoms with Crippen molar-refractivity contribution in [1.29, 1.82) is 0 Å². The van der Waals surface area contributed by atoms with E-state index in [1.165, 1.54) is 16.2 Å². The van der Waals surface area contributed by atoms with Crippen molar-refractivity contribution in [1.82, 2.24) is 4.72 Å². The van der Waals surface area contributed by atoms with Crippen LogP contribution in [0.4, 0.5) is 0 Å². The van der Waals surface area contributed by atoms with Crippen LogP contribution in [0.3, 0.4) is 0 Å². The van der Waals surface area contributed by atoms with Crippen molar-refractivity contribution < 1.29 is 18.1 Å². The summed E-state index contributed by atoms with van der Waals surface area (Å²) in [7, 11) is -3.49. The maximum absolute atomic E-state index is 12.6. The molecule has 0 saturated carbocycles. The van der Waals surface area contributed by atoms with Gasteiger partial charge in [-0.3, -0.25) is 0 Å². The van der Waals surface area contributed by atoms with Gasteiger partial charge in [-0.2, -0.15) is 4.72 Å². The Bertz CT molecular complexity index is 696. The number of hydrogen-bond acceptors (Lipinski definition) is 4. The van der Waals surface area contributed by atoms with Crippen molar-refractivity contribution in [3.63, 3.8) is 0 Å².